The molecule has 64 valence electrons. The Morgan fingerprint density at radius 3 is 1.67 bits per heavy atom. The molecule has 0 saturated carbocycles. The van der Waals surface area contributed by atoms with E-state index >= 15 is 0 Å². The van der Waals surface area contributed by atoms with Crippen LogP contribution < -0.4 is 0 Å². The maximum atomic E-state index is 4.72. The zero-order valence-electron chi connectivity index (χ0n) is 7.39. The van der Waals surface area contributed by atoms with E-state index in [0.717, 1.165) is 0 Å². The molecule has 0 aliphatic carbocycles. The second-order valence-corrected chi connectivity index (χ2v) is 1.84. The van der Waals surface area contributed by atoms with Crippen molar-refractivity contribution in [1.29, 1.82) is 0 Å². The Hall–Kier alpha value is -1.22. The van der Waals surface area contributed by atoms with Crippen molar-refractivity contribution in [2.45, 2.75) is 0 Å². The minimum Gasteiger partial charge on any atom is -0.372 e. The zero-order valence-corrected chi connectivity index (χ0v) is 7.39. The van der Waals surface area contributed by atoms with Gasteiger partial charge in [-0.1, -0.05) is 23.7 Å². The van der Waals surface area contributed by atoms with E-state index in [4.69, 9.17) is 9.47 Å². The summed E-state index contributed by atoms with van der Waals surface area (Å²) in [5.74, 6) is 11.1. The van der Waals surface area contributed by atoms with Gasteiger partial charge in [0.25, 0.3) is 0 Å². The molecule has 2 heteroatoms. The summed E-state index contributed by atoms with van der Waals surface area (Å²) in [6.45, 7) is 0.908. The van der Waals surface area contributed by atoms with Gasteiger partial charge in [-0.25, -0.2) is 0 Å². The maximum absolute atomic E-state index is 4.72. The highest BCUT2D eigenvalue weighted by Gasteiger charge is 1.66. The van der Waals surface area contributed by atoms with E-state index in [1.165, 1.54) is 0 Å². The molecule has 0 rings (SSSR count). The van der Waals surface area contributed by atoms with E-state index in [9.17, 15) is 0 Å². The third kappa shape index (κ3) is 8.78. The van der Waals surface area contributed by atoms with Gasteiger partial charge in [-0.2, -0.15) is 0 Å². The molecule has 0 N–H and O–H groups in total. The molecule has 0 fully saturated rings. The summed E-state index contributed by atoms with van der Waals surface area (Å²) in [6, 6.07) is 0. The van der Waals surface area contributed by atoms with E-state index in [-0.39, 0.29) is 0 Å². The summed E-state index contributed by atoms with van der Waals surface area (Å²) in [4.78, 5) is 0. The van der Waals surface area contributed by atoms with Crippen LogP contribution in [0.25, 0.3) is 0 Å². The molecule has 0 radical (unpaired) electrons. The first kappa shape index (κ1) is 10.8. The molecule has 0 bridgehead atoms. The summed E-state index contributed by atoms with van der Waals surface area (Å²) in [5, 5.41) is 0. The SMILES string of the molecule is COCC#C/C=C/C#CCOC. The summed E-state index contributed by atoms with van der Waals surface area (Å²) in [5.41, 5.74) is 0. The Labute approximate surface area is 73.6 Å². The molecular formula is C10H12O2. The molecule has 0 atom stereocenters. The van der Waals surface area contributed by atoms with Gasteiger partial charge in [0, 0.05) is 14.2 Å². The molecule has 0 aromatic carbocycles. The Balaban J connectivity index is 3.52. The van der Waals surface area contributed by atoms with Crippen LogP contribution in [0.3, 0.4) is 0 Å². The lowest BCUT2D eigenvalue weighted by atomic mass is 10.4. The summed E-state index contributed by atoms with van der Waals surface area (Å²) < 4.78 is 9.45. The standard InChI is InChI=1S/C10H12O2/c1-11-9-7-5-3-4-6-8-10-12-2/h3-4H,9-10H2,1-2H3/b4-3+. The molecule has 0 aliphatic heterocycles. The van der Waals surface area contributed by atoms with Crippen molar-refractivity contribution in [2.75, 3.05) is 27.4 Å². The van der Waals surface area contributed by atoms with Crippen LogP contribution in [0.15, 0.2) is 12.2 Å². The van der Waals surface area contributed by atoms with Gasteiger partial charge in [-0.3, -0.25) is 0 Å². The molecule has 0 amide bonds. The van der Waals surface area contributed by atoms with Crippen molar-refractivity contribution in [1.82, 2.24) is 0 Å². The third-order valence-corrected chi connectivity index (χ3v) is 0.887. The number of hydrogen-bond donors (Lipinski definition) is 0. The Bertz CT molecular complexity index is 206. The van der Waals surface area contributed by atoms with Crippen molar-refractivity contribution in [2.24, 2.45) is 0 Å². The summed E-state index contributed by atoms with van der Waals surface area (Å²) >= 11 is 0. The zero-order chi connectivity index (χ0) is 9.07. The number of ether oxygens (including phenoxy) is 2. The van der Waals surface area contributed by atoms with Crippen LogP contribution in [0, 0.1) is 23.7 Å². The quantitative estimate of drug-likeness (QED) is 0.563. The Morgan fingerprint density at radius 2 is 1.33 bits per heavy atom. The molecule has 2 nitrogen and oxygen atoms in total. The summed E-state index contributed by atoms with van der Waals surface area (Å²) in [7, 11) is 3.22. The minimum atomic E-state index is 0.454. The lowest BCUT2D eigenvalue weighted by Crippen LogP contribution is -1.80. The van der Waals surface area contributed by atoms with E-state index in [2.05, 4.69) is 23.7 Å². The summed E-state index contributed by atoms with van der Waals surface area (Å²) in [6.07, 6.45) is 3.36. The fraction of sp³-hybridized carbons (Fsp3) is 0.400. The van der Waals surface area contributed by atoms with Gasteiger partial charge in [0.05, 0.1) is 0 Å². The monoisotopic (exact) mass is 164 g/mol. The smallest absolute Gasteiger partial charge is 0.107 e. The van der Waals surface area contributed by atoms with Gasteiger partial charge in [0.2, 0.25) is 0 Å². The van der Waals surface area contributed by atoms with E-state index in [1.54, 1.807) is 26.4 Å². The largest absolute Gasteiger partial charge is 0.372 e. The molecule has 0 aromatic rings. The maximum Gasteiger partial charge on any atom is 0.107 e. The van der Waals surface area contributed by atoms with E-state index < -0.39 is 0 Å². The predicted molar refractivity (Wildman–Crippen MR) is 48.4 cm³/mol. The highest BCUT2D eigenvalue weighted by Crippen LogP contribution is 1.69. The normalized spacial score (nSPS) is 8.50. The molecule has 0 heterocycles. The predicted octanol–water partition coefficient (Wildman–Crippen LogP) is 0.842. The first-order valence-corrected chi connectivity index (χ1v) is 3.51. The molecular weight excluding hydrogens is 152 g/mol. The Morgan fingerprint density at radius 1 is 0.917 bits per heavy atom. The fourth-order valence-corrected chi connectivity index (χ4v) is 0.429. The van der Waals surface area contributed by atoms with Gasteiger partial charge >= 0.3 is 0 Å². The van der Waals surface area contributed by atoms with Crippen LogP contribution in [0.5, 0.6) is 0 Å². The van der Waals surface area contributed by atoms with Crippen molar-refractivity contribution in [3.05, 3.63) is 12.2 Å². The van der Waals surface area contributed by atoms with Crippen molar-refractivity contribution >= 4 is 0 Å². The van der Waals surface area contributed by atoms with Crippen molar-refractivity contribution < 1.29 is 9.47 Å². The van der Waals surface area contributed by atoms with Crippen LogP contribution in [-0.2, 0) is 9.47 Å². The van der Waals surface area contributed by atoms with Crippen molar-refractivity contribution in [3.63, 3.8) is 0 Å². The molecule has 0 aliphatic rings. The van der Waals surface area contributed by atoms with Gasteiger partial charge in [-0.15, -0.1) is 0 Å². The highest BCUT2D eigenvalue weighted by atomic mass is 16.5. The van der Waals surface area contributed by atoms with Crippen LogP contribution in [0.4, 0.5) is 0 Å². The molecule has 0 saturated heterocycles. The minimum absolute atomic E-state index is 0.454. The number of rotatable bonds is 2. The molecule has 12 heavy (non-hydrogen) atoms. The number of methoxy groups -OCH3 is 2. The molecule has 0 aromatic heterocycles. The van der Waals surface area contributed by atoms with Crippen LogP contribution in [-0.4, -0.2) is 27.4 Å². The van der Waals surface area contributed by atoms with Gasteiger partial charge in [-0.05, 0) is 12.2 Å². The van der Waals surface area contributed by atoms with Gasteiger partial charge < -0.3 is 9.47 Å². The van der Waals surface area contributed by atoms with E-state index in [0.29, 0.717) is 13.2 Å². The van der Waals surface area contributed by atoms with Gasteiger partial charge in [0.1, 0.15) is 13.2 Å². The lowest BCUT2D eigenvalue weighted by Gasteiger charge is -1.79. The second-order valence-electron chi connectivity index (χ2n) is 1.84. The van der Waals surface area contributed by atoms with Crippen LogP contribution in [0.2, 0.25) is 0 Å². The Kier molecular flexibility index (Phi) is 8.79. The second kappa shape index (κ2) is 9.78. The number of allylic oxidation sites excluding steroid dienone is 2. The van der Waals surface area contributed by atoms with E-state index in [1.807, 2.05) is 0 Å². The van der Waals surface area contributed by atoms with Crippen LogP contribution in [0.1, 0.15) is 0 Å². The highest BCUT2D eigenvalue weighted by molar-refractivity contribution is 5.24. The van der Waals surface area contributed by atoms with Gasteiger partial charge in [0.15, 0.2) is 0 Å². The average Bonchev–Trinajstić information content (AvgIpc) is 2.10. The first-order chi connectivity index (χ1) is 5.91. The lowest BCUT2D eigenvalue weighted by molar-refractivity contribution is 0.239. The molecule has 0 unspecified atom stereocenters. The average molecular weight is 164 g/mol. The first-order valence-electron chi connectivity index (χ1n) is 3.51. The topological polar surface area (TPSA) is 18.5 Å². The van der Waals surface area contributed by atoms with Crippen molar-refractivity contribution in [3.8, 4) is 23.7 Å². The van der Waals surface area contributed by atoms with Crippen LogP contribution >= 0.6 is 0 Å². The fourth-order valence-electron chi connectivity index (χ4n) is 0.429. The third-order valence-electron chi connectivity index (χ3n) is 0.887. The molecule has 0 spiro atoms. The number of hydrogen-bond acceptors (Lipinski definition) is 2.